The summed E-state index contributed by atoms with van der Waals surface area (Å²) in [5.74, 6) is 0.950. The summed E-state index contributed by atoms with van der Waals surface area (Å²) in [4.78, 5) is 7.53. The van der Waals surface area contributed by atoms with Crippen LogP contribution in [0.4, 0.5) is 0 Å². The van der Waals surface area contributed by atoms with Crippen molar-refractivity contribution in [2.75, 3.05) is 51.7 Å². The fourth-order valence-corrected chi connectivity index (χ4v) is 3.32. The zero-order chi connectivity index (χ0) is 16.3. The fourth-order valence-electron chi connectivity index (χ4n) is 2.34. The van der Waals surface area contributed by atoms with E-state index in [9.17, 15) is 4.21 Å². The van der Waals surface area contributed by atoms with E-state index in [0.717, 1.165) is 44.2 Å². The number of hydrogen-bond donors (Lipinski definition) is 2. The van der Waals surface area contributed by atoms with Gasteiger partial charge in [-0.1, -0.05) is 18.2 Å². The minimum atomic E-state index is -1.00. The lowest BCUT2D eigenvalue weighted by atomic mass is 10.3. The summed E-state index contributed by atoms with van der Waals surface area (Å²) < 4.78 is 17.4. The van der Waals surface area contributed by atoms with Crippen molar-refractivity contribution in [3.8, 4) is 0 Å². The van der Waals surface area contributed by atoms with Gasteiger partial charge in [0.05, 0.1) is 24.0 Å². The predicted octanol–water partition coefficient (Wildman–Crippen LogP) is 1.04. The Bertz CT molecular complexity index is 510. The van der Waals surface area contributed by atoms with Gasteiger partial charge < -0.3 is 15.8 Å². The number of hydrogen-bond acceptors (Lipinski definition) is 4. The first kappa shape index (κ1) is 21.3. The molecule has 0 radical (unpaired) electrons. The third-order valence-electron chi connectivity index (χ3n) is 3.62. The fraction of sp³-hybridized carbons (Fsp3) is 0.562. The second-order valence-corrected chi connectivity index (χ2v) is 6.93. The van der Waals surface area contributed by atoms with Crippen LogP contribution >= 0.6 is 24.0 Å². The molecule has 0 bridgehead atoms. The molecule has 1 aliphatic rings. The van der Waals surface area contributed by atoms with Crippen LogP contribution in [0.1, 0.15) is 6.42 Å². The number of ether oxygens (including phenoxy) is 1. The van der Waals surface area contributed by atoms with Crippen LogP contribution in [0.15, 0.2) is 40.2 Å². The van der Waals surface area contributed by atoms with Crippen LogP contribution in [-0.4, -0.2) is 66.8 Å². The molecule has 8 heteroatoms. The van der Waals surface area contributed by atoms with Crippen LogP contribution in [0.25, 0.3) is 0 Å². The highest BCUT2D eigenvalue weighted by molar-refractivity contribution is 14.0. The average molecular weight is 466 g/mol. The number of nitrogens with two attached hydrogens (primary N) is 1. The third kappa shape index (κ3) is 8.41. The summed E-state index contributed by atoms with van der Waals surface area (Å²) in [5.41, 5.74) is 5.82. The third-order valence-corrected chi connectivity index (χ3v) is 4.99. The van der Waals surface area contributed by atoms with Crippen molar-refractivity contribution in [1.29, 1.82) is 0 Å². The SMILES string of the molecule is I.NC(=NCCCN1CCOCC1)NCCS(=O)c1ccccc1. The molecule has 1 atom stereocenters. The number of guanidine groups is 1. The van der Waals surface area contributed by atoms with Crippen molar-refractivity contribution in [3.63, 3.8) is 0 Å². The van der Waals surface area contributed by atoms with Gasteiger partial charge in [-0.3, -0.25) is 14.1 Å². The van der Waals surface area contributed by atoms with Crippen molar-refractivity contribution < 1.29 is 8.95 Å². The maximum Gasteiger partial charge on any atom is 0.188 e. The Morgan fingerprint density at radius 1 is 1.29 bits per heavy atom. The van der Waals surface area contributed by atoms with E-state index in [4.69, 9.17) is 10.5 Å². The highest BCUT2D eigenvalue weighted by atomic mass is 127. The Hall–Kier alpha value is -0.710. The van der Waals surface area contributed by atoms with Gasteiger partial charge in [0, 0.05) is 43.4 Å². The standard InChI is InChI=1S/C16H26N4O2S.HI/c17-16(18-7-4-9-20-10-12-22-13-11-20)19-8-14-23(21)15-5-2-1-3-6-15;/h1-3,5-6H,4,7-14H2,(H3,17,18,19);1H. The summed E-state index contributed by atoms with van der Waals surface area (Å²) in [7, 11) is -1.00. The molecule has 6 nitrogen and oxygen atoms in total. The van der Waals surface area contributed by atoms with Crippen molar-refractivity contribution in [3.05, 3.63) is 30.3 Å². The van der Waals surface area contributed by atoms with Crippen LogP contribution in [0, 0.1) is 0 Å². The van der Waals surface area contributed by atoms with E-state index in [0.29, 0.717) is 24.8 Å². The van der Waals surface area contributed by atoms with Gasteiger partial charge in [0.15, 0.2) is 5.96 Å². The van der Waals surface area contributed by atoms with Gasteiger partial charge in [0.1, 0.15) is 0 Å². The topological polar surface area (TPSA) is 79.9 Å². The largest absolute Gasteiger partial charge is 0.379 e. The van der Waals surface area contributed by atoms with Gasteiger partial charge in [0.25, 0.3) is 0 Å². The van der Waals surface area contributed by atoms with E-state index >= 15 is 0 Å². The van der Waals surface area contributed by atoms with Gasteiger partial charge in [-0.25, -0.2) is 0 Å². The first-order chi connectivity index (χ1) is 11.3. The molecule has 1 fully saturated rings. The van der Waals surface area contributed by atoms with Gasteiger partial charge in [-0.05, 0) is 18.6 Å². The number of benzene rings is 1. The summed E-state index contributed by atoms with van der Waals surface area (Å²) in [6.07, 6.45) is 0.984. The second kappa shape index (κ2) is 12.6. The van der Waals surface area contributed by atoms with E-state index in [1.165, 1.54) is 0 Å². The van der Waals surface area contributed by atoms with Crippen molar-refractivity contribution in [2.24, 2.45) is 10.7 Å². The molecule has 0 aliphatic carbocycles. The first-order valence-corrected chi connectivity index (χ1v) is 9.35. The number of nitrogens with zero attached hydrogens (tertiary/aromatic N) is 2. The molecule has 0 amide bonds. The Morgan fingerprint density at radius 2 is 2.00 bits per heavy atom. The lowest BCUT2D eigenvalue weighted by Gasteiger charge is -2.26. The molecule has 1 aliphatic heterocycles. The van der Waals surface area contributed by atoms with E-state index in [-0.39, 0.29) is 24.0 Å². The molecule has 1 unspecified atom stereocenters. The highest BCUT2D eigenvalue weighted by Crippen LogP contribution is 2.04. The molecule has 136 valence electrons. The number of morpholine rings is 1. The maximum atomic E-state index is 12.0. The maximum absolute atomic E-state index is 12.0. The van der Waals surface area contributed by atoms with Gasteiger partial charge in [0.2, 0.25) is 0 Å². The lowest BCUT2D eigenvalue weighted by molar-refractivity contribution is 0.0377. The minimum Gasteiger partial charge on any atom is -0.379 e. The summed E-state index contributed by atoms with van der Waals surface area (Å²) in [6.45, 7) is 5.94. The number of nitrogens with one attached hydrogen (secondary N) is 1. The molecule has 24 heavy (non-hydrogen) atoms. The Labute approximate surface area is 163 Å². The molecule has 0 spiro atoms. The Kier molecular flexibility index (Phi) is 11.2. The molecule has 0 saturated carbocycles. The lowest BCUT2D eigenvalue weighted by Crippen LogP contribution is -2.37. The minimum absolute atomic E-state index is 0. The summed E-state index contributed by atoms with van der Waals surface area (Å²) >= 11 is 0. The number of aliphatic imine (C=N–C) groups is 1. The zero-order valence-electron chi connectivity index (χ0n) is 13.9. The second-order valence-electron chi connectivity index (χ2n) is 5.36. The van der Waals surface area contributed by atoms with Gasteiger partial charge in [-0.15, -0.1) is 24.0 Å². The molecule has 3 N–H and O–H groups in total. The smallest absolute Gasteiger partial charge is 0.188 e. The predicted molar refractivity (Wildman–Crippen MR) is 110 cm³/mol. The van der Waals surface area contributed by atoms with E-state index in [2.05, 4.69) is 15.2 Å². The first-order valence-electron chi connectivity index (χ1n) is 8.03. The monoisotopic (exact) mass is 466 g/mol. The molecular weight excluding hydrogens is 439 g/mol. The van der Waals surface area contributed by atoms with Gasteiger partial charge in [-0.2, -0.15) is 0 Å². The summed E-state index contributed by atoms with van der Waals surface area (Å²) in [6, 6.07) is 9.45. The number of halogens is 1. The number of rotatable bonds is 8. The van der Waals surface area contributed by atoms with E-state index in [1.54, 1.807) is 0 Å². The van der Waals surface area contributed by atoms with E-state index in [1.807, 2.05) is 30.3 Å². The van der Waals surface area contributed by atoms with Crippen LogP contribution in [0.3, 0.4) is 0 Å². The Morgan fingerprint density at radius 3 is 2.71 bits per heavy atom. The quantitative estimate of drug-likeness (QED) is 0.259. The molecule has 1 saturated heterocycles. The van der Waals surface area contributed by atoms with Crippen LogP contribution in [0.2, 0.25) is 0 Å². The van der Waals surface area contributed by atoms with Crippen LogP contribution in [-0.2, 0) is 15.5 Å². The average Bonchev–Trinajstić information content (AvgIpc) is 2.60. The summed E-state index contributed by atoms with van der Waals surface area (Å²) in [5, 5.41) is 3.02. The van der Waals surface area contributed by atoms with Crippen molar-refractivity contribution >= 4 is 40.7 Å². The van der Waals surface area contributed by atoms with Crippen molar-refractivity contribution in [2.45, 2.75) is 11.3 Å². The van der Waals surface area contributed by atoms with Crippen LogP contribution < -0.4 is 11.1 Å². The molecule has 1 aromatic carbocycles. The molecule has 2 rings (SSSR count). The molecule has 1 aromatic rings. The Balaban J connectivity index is 0.00000288. The zero-order valence-corrected chi connectivity index (χ0v) is 17.0. The van der Waals surface area contributed by atoms with Gasteiger partial charge >= 0.3 is 0 Å². The molecular formula is C16H27IN4O2S. The molecule has 0 aromatic heterocycles. The van der Waals surface area contributed by atoms with Crippen LogP contribution in [0.5, 0.6) is 0 Å². The normalized spacial score (nSPS) is 17.1. The molecule has 1 heterocycles. The van der Waals surface area contributed by atoms with Crippen molar-refractivity contribution in [1.82, 2.24) is 10.2 Å². The van der Waals surface area contributed by atoms with E-state index < -0.39 is 10.8 Å². The highest BCUT2D eigenvalue weighted by Gasteiger charge is 2.08.